The zero-order valence-corrected chi connectivity index (χ0v) is 16.3. The van der Waals surface area contributed by atoms with Crippen molar-refractivity contribution in [1.82, 2.24) is 4.90 Å². The second-order valence-electron chi connectivity index (χ2n) is 7.37. The van der Waals surface area contributed by atoms with Crippen molar-refractivity contribution < 1.29 is 14.6 Å². The maximum atomic E-state index is 12.8. The number of benzene rings is 1. The summed E-state index contributed by atoms with van der Waals surface area (Å²) in [4.78, 5) is 15.1. The molecule has 0 saturated heterocycles. The number of halogens is 1. The summed E-state index contributed by atoms with van der Waals surface area (Å²) in [5.41, 5.74) is 0.485. The summed E-state index contributed by atoms with van der Waals surface area (Å²) in [6.45, 7) is 2.35. The number of hydrogen-bond donors (Lipinski definition) is 1. The fourth-order valence-corrected chi connectivity index (χ4v) is 3.98. The van der Waals surface area contributed by atoms with Gasteiger partial charge in [0, 0.05) is 25.4 Å². The number of carbonyl (C=O) groups is 1. The molecule has 1 heterocycles. The van der Waals surface area contributed by atoms with E-state index in [1.807, 2.05) is 30.3 Å². The Kier molecular flexibility index (Phi) is 7.69. The van der Waals surface area contributed by atoms with Gasteiger partial charge in [-0.3, -0.25) is 0 Å². The van der Waals surface area contributed by atoms with E-state index in [1.54, 1.807) is 0 Å². The van der Waals surface area contributed by atoms with E-state index in [9.17, 15) is 9.90 Å². The first-order chi connectivity index (χ1) is 12.1. The van der Waals surface area contributed by atoms with E-state index in [-0.39, 0.29) is 18.3 Å². The molecule has 144 valence electrons. The minimum absolute atomic E-state index is 0. The first-order valence-electron chi connectivity index (χ1n) is 9.42. The van der Waals surface area contributed by atoms with Gasteiger partial charge in [-0.25, -0.2) is 4.79 Å². The Morgan fingerprint density at radius 2 is 1.96 bits per heavy atom. The third-order valence-corrected chi connectivity index (χ3v) is 5.63. The van der Waals surface area contributed by atoms with Crippen LogP contribution in [0.2, 0.25) is 0 Å². The molecule has 1 saturated carbocycles. The Labute approximate surface area is 162 Å². The van der Waals surface area contributed by atoms with Crippen LogP contribution >= 0.6 is 12.4 Å². The van der Waals surface area contributed by atoms with Crippen LogP contribution in [0.15, 0.2) is 42.0 Å². The molecule has 5 heteroatoms. The number of carbonyl (C=O) groups excluding carboxylic acids is 1. The lowest BCUT2D eigenvalue weighted by Gasteiger charge is -2.32. The number of aliphatic hydroxyl groups is 1. The Morgan fingerprint density at radius 3 is 2.58 bits per heavy atom. The monoisotopic (exact) mass is 379 g/mol. The third-order valence-electron chi connectivity index (χ3n) is 5.63. The van der Waals surface area contributed by atoms with Gasteiger partial charge in [0.2, 0.25) is 0 Å². The number of esters is 1. The van der Waals surface area contributed by atoms with Crippen molar-refractivity contribution in [3.8, 4) is 0 Å². The summed E-state index contributed by atoms with van der Waals surface area (Å²) in [5.74, 6) is -0.538. The van der Waals surface area contributed by atoms with Crippen molar-refractivity contribution in [1.29, 1.82) is 0 Å². The van der Waals surface area contributed by atoms with E-state index in [1.165, 1.54) is 5.57 Å². The van der Waals surface area contributed by atoms with Gasteiger partial charge in [0.25, 0.3) is 0 Å². The summed E-state index contributed by atoms with van der Waals surface area (Å²) in [6.07, 6.45) is 7.88. The maximum absolute atomic E-state index is 12.8. The summed E-state index contributed by atoms with van der Waals surface area (Å²) < 4.78 is 5.56. The third kappa shape index (κ3) is 4.67. The predicted octanol–water partition coefficient (Wildman–Crippen LogP) is 3.68. The lowest BCUT2D eigenvalue weighted by atomic mass is 9.80. The van der Waals surface area contributed by atoms with Crippen molar-refractivity contribution in [2.75, 3.05) is 26.7 Å². The summed E-state index contributed by atoms with van der Waals surface area (Å²) in [5, 5.41) is 11.3. The molecule has 1 atom stereocenters. The molecule has 3 rings (SSSR count). The standard InChI is InChI=1S/C21H29NO3.ClH/c1-22-14-11-17(12-15-22)13-16-25-20(23)21(24,19-9-5-6-10-19)18-7-3-2-4-8-18;/h2-4,7-8,11,19,24H,5-6,9-10,12-16H2,1H3;1H. The van der Waals surface area contributed by atoms with Crippen molar-refractivity contribution >= 4 is 18.4 Å². The Balaban J connectivity index is 0.00000243. The molecule has 0 spiro atoms. The molecule has 26 heavy (non-hydrogen) atoms. The Hall–Kier alpha value is -1.36. The van der Waals surface area contributed by atoms with Gasteiger partial charge in [-0.05, 0) is 31.9 Å². The number of rotatable bonds is 6. The minimum Gasteiger partial charge on any atom is -0.463 e. The van der Waals surface area contributed by atoms with Crippen LogP contribution in [0.4, 0.5) is 0 Å². The molecule has 0 bridgehead atoms. The van der Waals surface area contributed by atoms with Crippen LogP contribution in [0.5, 0.6) is 0 Å². The molecular weight excluding hydrogens is 350 g/mol. The first-order valence-corrected chi connectivity index (χ1v) is 9.42. The Morgan fingerprint density at radius 1 is 1.27 bits per heavy atom. The van der Waals surface area contributed by atoms with Crippen molar-refractivity contribution in [2.45, 2.75) is 44.1 Å². The molecule has 0 amide bonds. The second kappa shape index (κ2) is 9.54. The first kappa shape index (κ1) is 20.9. The van der Waals surface area contributed by atoms with Crippen molar-refractivity contribution in [3.63, 3.8) is 0 Å². The molecule has 1 aromatic rings. The zero-order chi connectivity index (χ0) is 17.7. The van der Waals surface area contributed by atoms with Gasteiger partial charge < -0.3 is 14.7 Å². The average molecular weight is 380 g/mol. The largest absolute Gasteiger partial charge is 0.463 e. The van der Waals surface area contributed by atoms with Crippen LogP contribution in [-0.2, 0) is 15.1 Å². The molecule has 2 aliphatic rings. The van der Waals surface area contributed by atoms with Gasteiger partial charge in [-0.2, -0.15) is 0 Å². The van der Waals surface area contributed by atoms with E-state index in [4.69, 9.17) is 4.74 Å². The fourth-order valence-electron chi connectivity index (χ4n) is 3.98. The van der Waals surface area contributed by atoms with Crippen LogP contribution in [0, 0.1) is 5.92 Å². The van der Waals surface area contributed by atoms with Gasteiger partial charge in [0.05, 0.1) is 6.61 Å². The van der Waals surface area contributed by atoms with Crippen LogP contribution in [0.25, 0.3) is 0 Å². The lowest BCUT2D eigenvalue weighted by Crippen LogP contribution is -2.43. The van der Waals surface area contributed by atoms with Crippen molar-refractivity contribution in [3.05, 3.63) is 47.5 Å². The summed E-state index contributed by atoms with van der Waals surface area (Å²) >= 11 is 0. The highest BCUT2D eigenvalue weighted by atomic mass is 35.5. The van der Waals surface area contributed by atoms with Gasteiger partial charge >= 0.3 is 5.97 Å². The van der Waals surface area contributed by atoms with Gasteiger partial charge in [-0.1, -0.05) is 54.8 Å². The van der Waals surface area contributed by atoms with Gasteiger partial charge in [0.15, 0.2) is 5.60 Å². The molecular formula is C21H30ClNO3. The van der Waals surface area contributed by atoms with Gasteiger partial charge in [0.1, 0.15) is 0 Å². The van der Waals surface area contributed by atoms with Crippen LogP contribution in [0.1, 0.15) is 44.1 Å². The summed E-state index contributed by atoms with van der Waals surface area (Å²) in [7, 11) is 2.11. The smallest absolute Gasteiger partial charge is 0.343 e. The second-order valence-corrected chi connectivity index (χ2v) is 7.37. The highest BCUT2D eigenvalue weighted by Gasteiger charge is 2.47. The Bertz CT molecular complexity index is 613. The number of ether oxygens (including phenoxy) is 1. The maximum Gasteiger partial charge on any atom is 0.343 e. The number of nitrogens with zero attached hydrogens (tertiary/aromatic N) is 1. The van der Waals surface area contributed by atoms with E-state index < -0.39 is 11.6 Å². The van der Waals surface area contributed by atoms with E-state index in [2.05, 4.69) is 18.0 Å². The zero-order valence-electron chi connectivity index (χ0n) is 15.5. The van der Waals surface area contributed by atoms with Crippen molar-refractivity contribution in [2.24, 2.45) is 5.92 Å². The SMILES string of the molecule is CN1CC=C(CCOC(=O)C(O)(c2ccccc2)C2CCCC2)CC1.Cl. The molecule has 0 aromatic heterocycles. The van der Waals surface area contributed by atoms with Crippen LogP contribution < -0.4 is 0 Å². The average Bonchev–Trinajstić information content (AvgIpc) is 3.18. The molecule has 1 aromatic carbocycles. The molecule has 4 nitrogen and oxygen atoms in total. The summed E-state index contributed by atoms with van der Waals surface area (Å²) in [6, 6.07) is 9.30. The number of hydrogen-bond acceptors (Lipinski definition) is 4. The van der Waals surface area contributed by atoms with E-state index >= 15 is 0 Å². The van der Waals surface area contributed by atoms with E-state index in [0.29, 0.717) is 12.2 Å². The molecule has 1 N–H and O–H groups in total. The fraction of sp³-hybridized carbons (Fsp3) is 0.571. The molecule has 0 radical (unpaired) electrons. The predicted molar refractivity (Wildman–Crippen MR) is 105 cm³/mol. The highest BCUT2D eigenvalue weighted by molar-refractivity contribution is 5.85. The molecule has 1 fully saturated rings. The van der Waals surface area contributed by atoms with Gasteiger partial charge in [-0.15, -0.1) is 12.4 Å². The molecule has 1 aliphatic heterocycles. The quantitative estimate of drug-likeness (QED) is 0.605. The highest BCUT2D eigenvalue weighted by Crippen LogP contribution is 2.41. The van der Waals surface area contributed by atoms with E-state index in [0.717, 1.165) is 51.6 Å². The van der Waals surface area contributed by atoms with Crippen LogP contribution in [-0.4, -0.2) is 42.7 Å². The molecule has 1 unspecified atom stereocenters. The number of likely N-dealkylation sites (N-methyl/N-ethyl adjacent to an activating group) is 1. The molecule has 1 aliphatic carbocycles. The topological polar surface area (TPSA) is 49.8 Å². The van der Waals surface area contributed by atoms with Crippen LogP contribution in [0.3, 0.4) is 0 Å². The normalized spacial score (nSPS) is 20.8. The lowest BCUT2D eigenvalue weighted by molar-refractivity contribution is -0.173. The minimum atomic E-state index is -1.51.